The second kappa shape index (κ2) is 17.0. The van der Waals surface area contributed by atoms with Gasteiger partial charge in [0.2, 0.25) is 0 Å². The van der Waals surface area contributed by atoms with Gasteiger partial charge in [-0.05, 0) is 74.1 Å². The molecular weight excluding hydrogens is 503 g/mol. The molecule has 1 atom stereocenters. The number of rotatable bonds is 18. The molecule has 0 saturated heterocycles. The Morgan fingerprint density at radius 3 is 1.50 bits per heavy atom. The maximum Gasteiger partial charge on any atom is 0.112 e. The Bertz CT molecular complexity index is 1110. The molecule has 0 fully saturated rings. The standard InChI is InChI=1S/C38H46OP/c1-2-3-24-35(39-33-34-22-12-8-13-23-34)25-14-6-4-5-7-21-32-40(36-26-15-9-16-27-36,37-28-17-10-18-29-37)38-30-19-11-20-31-38/h2,8-13,15-20,22-23,26-31,35H,1,3-7,14,21,24-25,32-33H2/q+1. The minimum absolute atomic E-state index is 0.325. The molecule has 0 saturated carbocycles. The molecule has 0 aliphatic rings. The molecule has 0 heterocycles. The highest BCUT2D eigenvalue weighted by Crippen LogP contribution is 2.56. The van der Waals surface area contributed by atoms with Crippen LogP contribution in [0.4, 0.5) is 0 Å². The Balaban J connectivity index is 1.29. The quantitative estimate of drug-likeness (QED) is 0.0683. The van der Waals surface area contributed by atoms with Crippen LogP contribution in [0.2, 0.25) is 0 Å². The van der Waals surface area contributed by atoms with Crippen molar-refractivity contribution in [1.29, 1.82) is 0 Å². The monoisotopic (exact) mass is 549 g/mol. The van der Waals surface area contributed by atoms with Gasteiger partial charge in [0, 0.05) is 0 Å². The number of allylic oxidation sites excluding steroid dienone is 1. The van der Waals surface area contributed by atoms with Gasteiger partial charge >= 0.3 is 0 Å². The lowest BCUT2D eigenvalue weighted by Crippen LogP contribution is -2.33. The zero-order valence-electron chi connectivity index (χ0n) is 24.0. The van der Waals surface area contributed by atoms with Gasteiger partial charge in [0.05, 0.1) is 18.9 Å². The Labute approximate surface area is 243 Å². The average molecular weight is 550 g/mol. The minimum atomic E-state index is -1.70. The maximum absolute atomic E-state index is 6.29. The van der Waals surface area contributed by atoms with Crippen molar-refractivity contribution in [1.82, 2.24) is 0 Å². The average Bonchev–Trinajstić information content (AvgIpc) is 3.03. The van der Waals surface area contributed by atoms with Crippen molar-refractivity contribution in [3.63, 3.8) is 0 Å². The zero-order valence-corrected chi connectivity index (χ0v) is 24.9. The molecule has 4 aromatic carbocycles. The third kappa shape index (κ3) is 8.76. The van der Waals surface area contributed by atoms with Crippen LogP contribution in [-0.2, 0) is 11.3 Å². The number of unbranched alkanes of at least 4 members (excludes halogenated alkanes) is 5. The molecule has 40 heavy (non-hydrogen) atoms. The SMILES string of the molecule is C=CCCC(CCCCCCCC[P+](c1ccccc1)(c1ccccc1)c1ccccc1)OCc1ccccc1. The third-order valence-electron chi connectivity index (χ3n) is 7.88. The lowest BCUT2D eigenvalue weighted by atomic mass is 10.0. The van der Waals surface area contributed by atoms with E-state index in [-0.39, 0.29) is 0 Å². The van der Waals surface area contributed by atoms with E-state index in [1.54, 1.807) is 0 Å². The van der Waals surface area contributed by atoms with Gasteiger partial charge in [-0.25, -0.2) is 0 Å². The van der Waals surface area contributed by atoms with Crippen LogP contribution in [0.15, 0.2) is 134 Å². The minimum Gasteiger partial charge on any atom is -0.374 e. The molecule has 0 aromatic heterocycles. The molecule has 0 aliphatic carbocycles. The summed E-state index contributed by atoms with van der Waals surface area (Å²) in [6.45, 7) is 4.62. The van der Waals surface area contributed by atoms with E-state index in [0.717, 1.165) is 19.3 Å². The normalized spacial score (nSPS) is 12.2. The molecule has 1 nitrogen and oxygen atoms in total. The van der Waals surface area contributed by atoms with Gasteiger partial charge in [0.15, 0.2) is 0 Å². The zero-order chi connectivity index (χ0) is 27.7. The number of hydrogen-bond acceptors (Lipinski definition) is 1. The molecule has 1 unspecified atom stereocenters. The van der Waals surface area contributed by atoms with Gasteiger partial charge in [-0.3, -0.25) is 0 Å². The molecule has 0 spiro atoms. The Hall–Kier alpha value is -2.99. The topological polar surface area (TPSA) is 9.23 Å². The Morgan fingerprint density at radius 1 is 0.550 bits per heavy atom. The van der Waals surface area contributed by atoms with Crippen LogP contribution in [0.1, 0.15) is 63.4 Å². The highest BCUT2D eigenvalue weighted by Gasteiger charge is 2.44. The smallest absolute Gasteiger partial charge is 0.112 e. The molecule has 0 aliphatic heterocycles. The molecule has 0 amide bonds. The van der Waals surface area contributed by atoms with Gasteiger partial charge in [0.1, 0.15) is 23.2 Å². The summed E-state index contributed by atoms with van der Waals surface area (Å²) in [5.41, 5.74) is 1.26. The van der Waals surface area contributed by atoms with E-state index < -0.39 is 7.26 Å². The van der Waals surface area contributed by atoms with E-state index in [1.807, 2.05) is 6.08 Å². The number of benzene rings is 4. The van der Waals surface area contributed by atoms with Crippen molar-refractivity contribution in [3.8, 4) is 0 Å². The predicted octanol–water partition coefficient (Wildman–Crippen LogP) is 9.26. The first kappa shape index (κ1) is 30.0. The van der Waals surface area contributed by atoms with Gasteiger partial charge in [-0.2, -0.15) is 0 Å². The summed E-state index contributed by atoms with van der Waals surface area (Å²) >= 11 is 0. The first-order valence-corrected chi connectivity index (χ1v) is 17.1. The van der Waals surface area contributed by atoms with Crippen LogP contribution >= 0.6 is 7.26 Å². The molecule has 0 N–H and O–H groups in total. The van der Waals surface area contributed by atoms with Crippen molar-refractivity contribution in [2.24, 2.45) is 0 Å². The highest BCUT2D eigenvalue weighted by molar-refractivity contribution is 7.95. The van der Waals surface area contributed by atoms with Crippen LogP contribution in [0.25, 0.3) is 0 Å². The fourth-order valence-corrected chi connectivity index (χ4v) is 10.1. The first-order chi connectivity index (χ1) is 19.8. The van der Waals surface area contributed by atoms with Crippen molar-refractivity contribution < 1.29 is 4.74 Å². The Morgan fingerprint density at radius 2 is 1.00 bits per heavy atom. The fourth-order valence-electron chi connectivity index (χ4n) is 5.71. The van der Waals surface area contributed by atoms with Crippen LogP contribution in [0.5, 0.6) is 0 Å². The molecular formula is C38H46OP+. The molecule has 4 aromatic rings. The highest BCUT2D eigenvalue weighted by atomic mass is 31.2. The second-order valence-electron chi connectivity index (χ2n) is 10.7. The fraction of sp³-hybridized carbons (Fsp3) is 0.316. The first-order valence-electron chi connectivity index (χ1n) is 15.1. The third-order valence-corrected chi connectivity index (χ3v) is 12.4. The van der Waals surface area contributed by atoms with Crippen molar-refractivity contribution >= 4 is 23.2 Å². The number of hydrogen-bond donors (Lipinski definition) is 0. The van der Waals surface area contributed by atoms with E-state index in [2.05, 4.69) is 128 Å². The van der Waals surface area contributed by atoms with Crippen LogP contribution in [-0.4, -0.2) is 12.3 Å². The lowest BCUT2D eigenvalue weighted by Gasteiger charge is -2.27. The molecule has 4 rings (SSSR count). The van der Waals surface area contributed by atoms with Gasteiger partial charge in [-0.15, -0.1) is 6.58 Å². The van der Waals surface area contributed by atoms with Crippen molar-refractivity contribution in [2.75, 3.05) is 6.16 Å². The van der Waals surface area contributed by atoms with E-state index in [0.29, 0.717) is 12.7 Å². The van der Waals surface area contributed by atoms with E-state index >= 15 is 0 Å². The van der Waals surface area contributed by atoms with Gasteiger partial charge in [0.25, 0.3) is 0 Å². The van der Waals surface area contributed by atoms with E-state index in [9.17, 15) is 0 Å². The summed E-state index contributed by atoms with van der Waals surface area (Å²) in [4.78, 5) is 0. The summed E-state index contributed by atoms with van der Waals surface area (Å²) in [5, 5.41) is 4.48. The molecule has 0 bridgehead atoms. The van der Waals surface area contributed by atoms with Crippen LogP contribution in [0.3, 0.4) is 0 Å². The second-order valence-corrected chi connectivity index (χ2v) is 14.4. The van der Waals surface area contributed by atoms with Crippen molar-refractivity contribution in [2.45, 2.75) is 70.5 Å². The van der Waals surface area contributed by atoms with E-state index in [4.69, 9.17) is 4.74 Å². The van der Waals surface area contributed by atoms with E-state index in [1.165, 1.54) is 66.2 Å². The van der Waals surface area contributed by atoms with Crippen LogP contribution in [0, 0.1) is 0 Å². The maximum atomic E-state index is 6.29. The largest absolute Gasteiger partial charge is 0.374 e. The lowest BCUT2D eigenvalue weighted by molar-refractivity contribution is 0.0284. The summed E-state index contributed by atoms with van der Waals surface area (Å²) in [6, 6.07) is 44.4. The summed E-state index contributed by atoms with van der Waals surface area (Å²) in [5.74, 6) is 0. The number of ether oxygens (including phenoxy) is 1. The predicted molar refractivity (Wildman–Crippen MR) is 177 cm³/mol. The van der Waals surface area contributed by atoms with Gasteiger partial charge < -0.3 is 4.74 Å². The van der Waals surface area contributed by atoms with Crippen LogP contribution < -0.4 is 15.9 Å². The van der Waals surface area contributed by atoms with Crippen molar-refractivity contribution in [3.05, 3.63) is 140 Å². The molecule has 2 heteroatoms. The van der Waals surface area contributed by atoms with Gasteiger partial charge in [-0.1, -0.05) is 117 Å². The Kier molecular flexibility index (Phi) is 12.7. The molecule has 0 radical (unpaired) electrons. The summed E-state index contributed by atoms with van der Waals surface area (Å²) in [7, 11) is -1.70. The summed E-state index contributed by atoms with van der Waals surface area (Å²) in [6.07, 6.45) is 14.5. The molecule has 208 valence electrons. The summed E-state index contributed by atoms with van der Waals surface area (Å²) < 4.78 is 6.29.